The summed E-state index contributed by atoms with van der Waals surface area (Å²) in [5.41, 5.74) is 2.18. The predicted molar refractivity (Wildman–Crippen MR) is 115 cm³/mol. The number of carbonyl (C=O) groups is 2. The van der Waals surface area contributed by atoms with Crippen LogP contribution in [0.1, 0.15) is 10.4 Å². The van der Waals surface area contributed by atoms with Crippen LogP contribution in [0.2, 0.25) is 0 Å². The number of rotatable bonds is 5. The molecular formula is C22H21FN4O2S. The predicted octanol–water partition coefficient (Wildman–Crippen LogP) is 3.35. The Hall–Kier alpha value is -3.10. The van der Waals surface area contributed by atoms with Gasteiger partial charge in [0.15, 0.2) is 5.13 Å². The number of nitrogens with one attached hydrogen (secondary N) is 1. The Morgan fingerprint density at radius 1 is 1.00 bits per heavy atom. The van der Waals surface area contributed by atoms with Crippen molar-refractivity contribution in [1.29, 1.82) is 0 Å². The molecule has 154 valence electrons. The molecule has 2 amide bonds. The van der Waals surface area contributed by atoms with Crippen molar-refractivity contribution in [1.82, 2.24) is 14.8 Å². The lowest BCUT2D eigenvalue weighted by molar-refractivity contribution is -0.117. The van der Waals surface area contributed by atoms with E-state index in [2.05, 4.69) is 10.3 Å². The van der Waals surface area contributed by atoms with E-state index in [1.807, 2.05) is 45.5 Å². The molecule has 2 heterocycles. The number of thiazole rings is 1. The molecule has 1 aliphatic rings. The summed E-state index contributed by atoms with van der Waals surface area (Å²) in [4.78, 5) is 33.2. The molecular weight excluding hydrogens is 403 g/mol. The Balaban J connectivity index is 1.26. The van der Waals surface area contributed by atoms with E-state index in [-0.39, 0.29) is 24.2 Å². The minimum atomic E-state index is -0.298. The van der Waals surface area contributed by atoms with Crippen LogP contribution in [0.4, 0.5) is 9.52 Å². The number of nitrogens with zero attached hydrogens (tertiary/aromatic N) is 3. The van der Waals surface area contributed by atoms with Crippen molar-refractivity contribution in [2.45, 2.75) is 0 Å². The molecule has 4 rings (SSSR count). The summed E-state index contributed by atoms with van der Waals surface area (Å²) in [6, 6.07) is 15.3. The van der Waals surface area contributed by atoms with Gasteiger partial charge in [0.2, 0.25) is 5.91 Å². The van der Waals surface area contributed by atoms with E-state index in [4.69, 9.17) is 0 Å². The molecule has 0 unspecified atom stereocenters. The highest BCUT2D eigenvalue weighted by atomic mass is 32.1. The lowest BCUT2D eigenvalue weighted by Gasteiger charge is -2.34. The number of benzene rings is 2. The van der Waals surface area contributed by atoms with Crippen LogP contribution >= 0.6 is 11.3 Å². The molecule has 0 spiro atoms. The monoisotopic (exact) mass is 424 g/mol. The van der Waals surface area contributed by atoms with E-state index >= 15 is 0 Å². The third-order valence-electron chi connectivity index (χ3n) is 4.94. The topological polar surface area (TPSA) is 65.5 Å². The summed E-state index contributed by atoms with van der Waals surface area (Å²) in [5, 5.41) is 5.16. The number of hydrogen-bond donors (Lipinski definition) is 1. The summed E-state index contributed by atoms with van der Waals surface area (Å²) in [7, 11) is 0. The van der Waals surface area contributed by atoms with Gasteiger partial charge in [-0.05, 0) is 36.4 Å². The number of piperazine rings is 1. The minimum Gasteiger partial charge on any atom is -0.336 e. The van der Waals surface area contributed by atoms with Crippen molar-refractivity contribution < 1.29 is 14.0 Å². The first kappa shape index (κ1) is 20.2. The molecule has 0 saturated carbocycles. The number of aromatic nitrogens is 1. The second kappa shape index (κ2) is 9.15. The van der Waals surface area contributed by atoms with E-state index in [1.165, 1.54) is 23.5 Å². The lowest BCUT2D eigenvalue weighted by Crippen LogP contribution is -2.50. The second-order valence-corrected chi connectivity index (χ2v) is 7.89. The van der Waals surface area contributed by atoms with E-state index in [0.29, 0.717) is 42.6 Å². The summed E-state index contributed by atoms with van der Waals surface area (Å²) in [6.45, 7) is 2.72. The highest BCUT2D eigenvalue weighted by Crippen LogP contribution is 2.25. The molecule has 0 atom stereocenters. The molecule has 2 aromatic carbocycles. The largest absolute Gasteiger partial charge is 0.336 e. The average Bonchev–Trinajstić information content (AvgIpc) is 3.23. The molecule has 0 aliphatic carbocycles. The SMILES string of the molecule is O=C(CN1CCN(C(=O)c2ccccc2)CC1)Nc1nc(-c2ccc(F)cc2)cs1. The fourth-order valence-corrected chi connectivity index (χ4v) is 4.05. The molecule has 1 fully saturated rings. The van der Waals surface area contributed by atoms with Crippen molar-refractivity contribution in [3.63, 3.8) is 0 Å². The zero-order chi connectivity index (χ0) is 20.9. The quantitative estimate of drug-likeness (QED) is 0.682. The molecule has 1 saturated heterocycles. The highest BCUT2D eigenvalue weighted by molar-refractivity contribution is 7.14. The van der Waals surface area contributed by atoms with E-state index in [1.54, 1.807) is 12.1 Å². The fourth-order valence-electron chi connectivity index (χ4n) is 3.32. The third kappa shape index (κ3) is 4.90. The second-order valence-electron chi connectivity index (χ2n) is 7.03. The van der Waals surface area contributed by atoms with Crippen LogP contribution in [0.15, 0.2) is 60.0 Å². The van der Waals surface area contributed by atoms with E-state index < -0.39 is 0 Å². The van der Waals surface area contributed by atoms with Gasteiger partial charge in [0.25, 0.3) is 5.91 Å². The van der Waals surface area contributed by atoms with Gasteiger partial charge >= 0.3 is 0 Å². The van der Waals surface area contributed by atoms with Gasteiger partial charge in [0.05, 0.1) is 12.2 Å². The van der Waals surface area contributed by atoms with Gasteiger partial charge < -0.3 is 10.2 Å². The summed E-state index contributed by atoms with van der Waals surface area (Å²) >= 11 is 1.33. The molecule has 3 aromatic rings. The van der Waals surface area contributed by atoms with Gasteiger partial charge in [-0.2, -0.15) is 0 Å². The van der Waals surface area contributed by atoms with Crippen LogP contribution in [-0.2, 0) is 4.79 Å². The summed E-state index contributed by atoms with van der Waals surface area (Å²) in [5.74, 6) is -0.415. The molecule has 0 bridgehead atoms. The number of carbonyl (C=O) groups excluding carboxylic acids is 2. The highest BCUT2D eigenvalue weighted by Gasteiger charge is 2.23. The normalized spacial score (nSPS) is 14.5. The smallest absolute Gasteiger partial charge is 0.253 e. The first-order valence-corrected chi connectivity index (χ1v) is 10.5. The molecule has 1 N–H and O–H groups in total. The van der Waals surface area contributed by atoms with Gasteiger partial charge in [-0.25, -0.2) is 9.37 Å². The zero-order valence-electron chi connectivity index (χ0n) is 16.3. The van der Waals surface area contributed by atoms with Crippen molar-refractivity contribution in [2.75, 3.05) is 38.0 Å². The zero-order valence-corrected chi connectivity index (χ0v) is 17.1. The first-order chi connectivity index (χ1) is 14.6. The van der Waals surface area contributed by atoms with Crippen molar-refractivity contribution >= 4 is 28.3 Å². The van der Waals surface area contributed by atoms with Crippen molar-refractivity contribution in [3.8, 4) is 11.3 Å². The minimum absolute atomic E-state index is 0.0239. The number of anilines is 1. The maximum atomic E-state index is 13.1. The van der Waals surface area contributed by atoms with Gasteiger partial charge in [-0.15, -0.1) is 11.3 Å². The molecule has 30 heavy (non-hydrogen) atoms. The maximum Gasteiger partial charge on any atom is 0.253 e. The Morgan fingerprint density at radius 2 is 1.70 bits per heavy atom. The van der Waals surface area contributed by atoms with Gasteiger partial charge in [0, 0.05) is 42.7 Å². The average molecular weight is 425 g/mol. The number of halogens is 1. The van der Waals surface area contributed by atoms with Crippen molar-refractivity contribution in [3.05, 3.63) is 71.4 Å². The molecule has 1 aliphatic heterocycles. The molecule has 8 heteroatoms. The van der Waals surface area contributed by atoms with E-state index in [9.17, 15) is 14.0 Å². The van der Waals surface area contributed by atoms with Gasteiger partial charge in [-0.1, -0.05) is 18.2 Å². The molecule has 6 nitrogen and oxygen atoms in total. The maximum absolute atomic E-state index is 13.1. The summed E-state index contributed by atoms with van der Waals surface area (Å²) < 4.78 is 13.1. The van der Waals surface area contributed by atoms with Gasteiger partial charge in [-0.3, -0.25) is 14.5 Å². The molecule has 1 aromatic heterocycles. The third-order valence-corrected chi connectivity index (χ3v) is 5.70. The Morgan fingerprint density at radius 3 is 2.40 bits per heavy atom. The number of hydrogen-bond acceptors (Lipinski definition) is 5. The summed E-state index contributed by atoms with van der Waals surface area (Å²) in [6.07, 6.45) is 0. The Bertz CT molecular complexity index is 1020. The van der Waals surface area contributed by atoms with Crippen LogP contribution in [0.5, 0.6) is 0 Å². The van der Waals surface area contributed by atoms with Crippen LogP contribution in [0.3, 0.4) is 0 Å². The van der Waals surface area contributed by atoms with Crippen LogP contribution in [0, 0.1) is 5.82 Å². The van der Waals surface area contributed by atoms with Crippen LogP contribution < -0.4 is 5.32 Å². The van der Waals surface area contributed by atoms with Gasteiger partial charge in [0.1, 0.15) is 5.82 Å². The van der Waals surface area contributed by atoms with Crippen molar-refractivity contribution in [2.24, 2.45) is 0 Å². The van der Waals surface area contributed by atoms with Crippen LogP contribution in [0.25, 0.3) is 11.3 Å². The van der Waals surface area contributed by atoms with Crippen LogP contribution in [-0.4, -0.2) is 59.3 Å². The van der Waals surface area contributed by atoms with E-state index in [0.717, 1.165) is 5.56 Å². The molecule has 0 radical (unpaired) electrons. The Kier molecular flexibility index (Phi) is 6.15. The lowest BCUT2D eigenvalue weighted by atomic mass is 10.2. The fraction of sp³-hybridized carbons (Fsp3) is 0.227. The number of amides is 2. The Labute approximate surface area is 178 Å². The standard InChI is InChI=1S/C22H21FN4O2S/c23-18-8-6-16(7-9-18)19-15-30-22(24-19)25-20(28)14-26-10-12-27(13-11-26)21(29)17-4-2-1-3-5-17/h1-9,15H,10-14H2,(H,24,25,28). The first-order valence-electron chi connectivity index (χ1n) is 9.66.